The quantitative estimate of drug-likeness (QED) is 0.782. The third-order valence-electron chi connectivity index (χ3n) is 2.58. The fraction of sp³-hybridized carbons (Fsp3) is 0.231. The number of carbonyl (C=O) groups excluding carboxylic acids is 1. The highest BCUT2D eigenvalue weighted by Gasteiger charge is 2.10. The lowest BCUT2D eigenvalue weighted by molar-refractivity contribution is 0.0989. The van der Waals surface area contributed by atoms with Crippen LogP contribution in [0.25, 0.3) is 0 Å². The van der Waals surface area contributed by atoms with E-state index in [1.807, 2.05) is 25.1 Å². The van der Waals surface area contributed by atoms with Gasteiger partial charge in [0.2, 0.25) is 0 Å². The van der Waals surface area contributed by atoms with Crippen LogP contribution in [-0.4, -0.2) is 10.8 Å². The van der Waals surface area contributed by atoms with E-state index in [1.54, 1.807) is 6.20 Å². The molecule has 19 heavy (non-hydrogen) atoms. The van der Waals surface area contributed by atoms with E-state index < -0.39 is 0 Å². The van der Waals surface area contributed by atoms with Crippen LogP contribution in [0.1, 0.15) is 28.6 Å². The van der Waals surface area contributed by atoms with Gasteiger partial charge in [0.05, 0.1) is 6.54 Å². The van der Waals surface area contributed by atoms with Gasteiger partial charge in [-0.05, 0) is 18.2 Å². The van der Waals surface area contributed by atoms with Crippen molar-refractivity contribution in [2.45, 2.75) is 19.9 Å². The van der Waals surface area contributed by atoms with E-state index in [2.05, 4.69) is 26.2 Å². The Morgan fingerprint density at radius 3 is 2.95 bits per heavy atom. The molecule has 0 saturated heterocycles. The van der Waals surface area contributed by atoms with Crippen LogP contribution in [0.4, 0.5) is 5.69 Å². The Morgan fingerprint density at radius 1 is 1.53 bits per heavy atom. The molecule has 1 aromatic heterocycles. The minimum Gasteiger partial charge on any atom is -0.379 e. The minimum absolute atomic E-state index is 0.123. The number of hydrogen-bond donors (Lipinski definition) is 1. The molecule has 0 unspecified atom stereocenters. The number of rotatable bonds is 5. The molecule has 0 aliphatic carbocycles. The van der Waals surface area contributed by atoms with Crippen LogP contribution < -0.4 is 5.32 Å². The van der Waals surface area contributed by atoms with Gasteiger partial charge in [0, 0.05) is 33.2 Å². The normalized spacial score (nSPS) is 10.5. The molecule has 0 radical (unpaired) electrons. The molecule has 0 amide bonds. The van der Waals surface area contributed by atoms with Crippen LogP contribution in [-0.2, 0) is 6.54 Å². The van der Waals surface area contributed by atoms with Crippen LogP contribution >= 0.6 is 38.9 Å². The number of hydrogen-bond acceptors (Lipinski definition) is 4. The predicted octanol–water partition coefficient (Wildman–Crippen LogP) is 4.76. The van der Waals surface area contributed by atoms with Crippen molar-refractivity contribution in [2.24, 2.45) is 0 Å². The van der Waals surface area contributed by atoms with Gasteiger partial charge in [0.25, 0.3) is 0 Å². The highest BCUT2D eigenvalue weighted by molar-refractivity contribution is 9.10. The first-order chi connectivity index (χ1) is 9.10. The zero-order valence-corrected chi connectivity index (χ0v) is 13.4. The molecule has 1 aromatic carbocycles. The molecule has 0 aliphatic rings. The van der Waals surface area contributed by atoms with Gasteiger partial charge in [-0.3, -0.25) is 4.79 Å². The van der Waals surface area contributed by atoms with Crippen molar-refractivity contribution < 1.29 is 4.79 Å². The van der Waals surface area contributed by atoms with Crippen LogP contribution in [0.15, 0.2) is 28.9 Å². The first-order valence-electron chi connectivity index (χ1n) is 5.77. The van der Waals surface area contributed by atoms with Crippen molar-refractivity contribution in [3.63, 3.8) is 0 Å². The van der Waals surface area contributed by atoms with Gasteiger partial charge in [-0.15, -0.1) is 11.3 Å². The lowest BCUT2D eigenvalue weighted by Crippen LogP contribution is -2.05. The predicted molar refractivity (Wildman–Crippen MR) is 83.2 cm³/mol. The van der Waals surface area contributed by atoms with E-state index in [1.165, 1.54) is 11.3 Å². The molecule has 100 valence electrons. The summed E-state index contributed by atoms with van der Waals surface area (Å²) < 4.78 is 1.46. The Balaban J connectivity index is 2.18. The summed E-state index contributed by atoms with van der Waals surface area (Å²) in [7, 11) is 0. The molecule has 0 fully saturated rings. The number of ketones is 1. The summed E-state index contributed by atoms with van der Waals surface area (Å²) in [6.07, 6.45) is 2.22. The molecule has 2 aromatic rings. The number of halogens is 2. The van der Waals surface area contributed by atoms with Crippen LogP contribution in [0.5, 0.6) is 0 Å². The van der Waals surface area contributed by atoms with Crippen molar-refractivity contribution in [3.05, 3.63) is 43.8 Å². The Bertz CT molecular complexity index is 600. The molecule has 6 heteroatoms. The van der Waals surface area contributed by atoms with E-state index in [4.69, 9.17) is 11.6 Å². The average molecular weight is 360 g/mol. The number of carbonyl (C=O) groups is 1. The summed E-state index contributed by atoms with van der Waals surface area (Å²) in [4.78, 5) is 16.9. The van der Waals surface area contributed by atoms with E-state index >= 15 is 0 Å². The van der Waals surface area contributed by atoms with E-state index in [0.717, 1.165) is 15.0 Å². The van der Waals surface area contributed by atoms with Crippen molar-refractivity contribution >= 4 is 50.3 Å². The molecular weight excluding hydrogens is 348 g/mol. The van der Waals surface area contributed by atoms with Gasteiger partial charge in [0.15, 0.2) is 10.3 Å². The minimum atomic E-state index is 0.123. The summed E-state index contributed by atoms with van der Waals surface area (Å²) in [6.45, 7) is 2.46. The van der Waals surface area contributed by atoms with Crippen molar-refractivity contribution in [2.75, 3.05) is 5.32 Å². The van der Waals surface area contributed by atoms with E-state index in [9.17, 15) is 4.79 Å². The van der Waals surface area contributed by atoms with Gasteiger partial charge in [-0.25, -0.2) is 4.98 Å². The summed E-state index contributed by atoms with van der Waals surface area (Å²) in [6, 6.07) is 5.61. The fourth-order valence-electron chi connectivity index (χ4n) is 1.64. The van der Waals surface area contributed by atoms with Crippen molar-refractivity contribution in [3.8, 4) is 0 Å². The largest absolute Gasteiger partial charge is 0.379 e. The van der Waals surface area contributed by atoms with Gasteiger partial charge in [-0.2, -0.15) is 0 Å². The third-order valence-corrected chi connectivity index (χ3v) is 4.19. The summed E-state index contributed by atoms with van der Waals surface area (Å²) >= 11 is 10.6. The number of Topliss-reactive ketones (excluding diaryl/α,β-unsaturated/α-hetero) is 1. The van der Waals surface area contributed by atoms with Gasteiger partial charge < -0.3 is 5.32 Å². The second-order valence-electron chi connectivity index (χ2n) is 3.90. The molecule has 2 rings (SSSR count). The lowest BCUT2D eigenvalue weighted by atomic mass is 10.1. The van der Waals surface area contributed by atoms with Crippen molar-refractivity contribution in [1.82, 2.24) is 4.98 Å². The Labute approximate surface area is 129 Å². The number of nitrogens with one attached hydrogen (secondary N) is 1. The second kappa shape index (κ2) is 6.50. The maximum Gasteiger partial charge on any atom is 0.183 e. The first kappa shape index (κ1) is 14.5. The molecule has 3 nitrogen and oxygen atoms in total. The molecule has 0 bridgehead atoms. The zero-order valence-electron chi connectivity index (χ0n) is 10.2. The topological polar surface area (TPSA) is 42.0 Å². The van der Waals surface area contributed by atoms with Gasteiger partial charge in [-0.1, -0.05) is 34.5 Å². The summed E-state index contributed by atoms with van der Waals surface area (Å²) in [5, 5.41) is 3.26. The van der Waals surface area contributed by atoms with Crippen molar-refractivity contribution in [1.29, 1.82) is 0 Å². The number of thiazole rings is 1. The Kier molecular flexibility index (Phi) is 4.96. The first-order valence-corrected chi connectivity index (χ1v) is 7.75. The summed E-state index contributed by atoms with van der Waals surface area (Å²) in [5.74, 6) is 0.123. The average Bonchev–Trinajstić information content (AvgIpc) is 2.81. The third kappa shape index (κ3) is 3.78. The van der Waals surface area contributed by atoms with Gasteiger partial charge >= 0.3 is 0 Å². The SMILES string of the molecule is CCC(=O)c1ccc(Br)cc1NCc1cnc(Cl)s1. The maximum atomic E-state index is 11.9. The molecule has 0 spiro atoms. The molecule has 0 aliphatic heterocycles. The van der Waals surface area contributed by atoms with Crippen LogP contribution in [0, 0.1) is 0 Å². The smallest absolute Gasteiger partial charge is 0.183 e. The fourth-order valence-corrected chi connectivity index (χ4v) is 2.92. The van der Waals surface area contributed by atoms with E-state index in [0.29, 0.717) is 23.0 Å². The summed E-state index contributed by atoms with van der Waals surface area (Å²) in [5.41, 5.74) is 1.53. The van der Waals surface area contributed by atoms with Crippen LogP contribution in [0.3, 0.4) is 0 Å². The number of benzene rings is 1. The maximum absolute atomic E-state index is 11.9. The number of nitrogens with zero attached hydrogens (tertiary/aromatic N) is 1. The number of anilines is 1. The molecule has 1 heterocycles. The Hall–Kier alpha value is -0.910. The number of aromatic nitrogens is 1. The van der Waals surface area contributed by atoms with E-state index in [-0.39, 0.29) is 5.78 Å². The lowest BCUT2D eigenvalue weighted by Gasteiger charge is -2.10. The molecule has 1 N–H and O–H groups in total. The molecular formula is C13H12BrClN2OS. The monoisotopic (exact) mass is 358 g/mol. The highest BCUT2D eigenvalue weighted by atomic mass is 79.9. The standard InChI is InChI=1S/C13H12BrClN2OS/c1-2-12(18)10-4-3-8(14)5-11(10)16-6-9-7-17-13(15)19-9/h3-5,7,16H,2,6H2,1H3. The second-order valence-corrected chi connectivity index (χ2v) is 6.51. The molecule has 0 atom stereocenters. The zero-order chi connectivity index (χ0) is 13.8. The highest BCUT2D eigenvalue weighted by Crippen LogP contribution is 2.25. The Morgan fingerprint density at radius 2 is 2.32 bits per heavy atom. The van der Waals surface area contributed by atoms with Gasteiger partial charge in [0.1, 0.15) is 0 Å². The van der Waals surface area contributed by atoms with Crippen LogP contribution in [0.2, 0.25) is 4.47 Å². The molecule has 0 saturated carbocycles.